The monoisotopic (exact) mass is 294 g/mol. The van der Waals surface area contributed by atoms with Crippen LogP contribution in [0.2, 0.25) is 5.02 Å². The third-order valence-electron chi connectivity index (χ3n) is 2.75. The topological polar surface area (TPSA) is 51.2 Å². The Morgan fingerprint density at radius 2 is 2.20 bits per heavy atom. The molecule has 6 heteroatoms. The normalized spacial score (nSPS) is 10.2. The van der Waals surface area contributed by atoms with Gasteiger partial charge in [-0.1, -0.05) is 11.6 Å². The van der Waals surface area contributed by atoms with E-state index in [1.165, 1.54) is 19.4 Å². The summed E-state index contributed by atoms with van der Waals surface area (Å²) in [5.41, 5.74) is 1.11. The van der Waals surface area contributed by atoms with E-state index in [9.17, 15) is 9.18 Å². The lowest BCUT2D eigenvalue weighted by molar-refractivity contribution is 0.102. The highest BCUT2D eigenvalue weighted by atomic mass is 35.5. The van der Waals surface area contributed by atoms with E-state index in [0.29, 0.717) is 16.5 Å². The first-order valence-electron chi connectivity index (χ1n) is 5.78. The molecule has 0 unspecified atom stereocenters. The molecule has 20 heavy (non-hydrogen) atoms. The molecule has 0 spiro atoms. The van der Waals surface area contributed by atoms with Crippen LogP contribution in [0, 0.1) is 12.7 Å². The van der Waals surface area contributed by atoms with Gasteiger partial charge in [-0.15, -0.1) is 0 Å². The molecule has 4 nitrogen and oxygen atoms in total. The number of ether oxygens (including phenoxy) is 1. The number of aryl methyl sites for hydroxylation is 1. The second kappa shape index (κ2) is 5.88. The Labute approximate surface area is 120 Å². The van der Waals surface area contributed by atoms with Gasteiger partial charge in [-0.3, -0.25) is 9.78 Å². The van der Waals surface area contributed by atoms with Crippen LogP contribution in [0.25, 0.3) is 0 Å². The molecule has 0 saturated carbocycles. The Balaban J connectivity index is 2.33. The van der Waals surface area contributed by atoms with Crippen molar-refractivity contribution in [2.24, 2.45) is 0 Å². The number of nitrogens with one attached hydrogen (secondary N) is 1. The van der Waals surface area contributed by atoms with E-state index in [4.69, 9.17) is 16.3 Å². The highest BCUT2D eigenvalue weighted by Gasteiger charge is 2.14. The Bertz CT molecular complexity index is 662. The van der Waals surface area contributed by atoms with Gasteiger partial charge in [-0.25, -0.2) is 4.39 Å². The van der Waals surface area contributed by atoms with Crippen molar-refractivity contribution in [2.75, 3.05) is 12.4 Å². The second-order valence-corrected chi connectivity index (χ2v) is 4.52. The van der Waals surface area contributed by atoms with Crippen molar-refractivity contribution in [1.29, 1.82) is 0 Å². The lowest BCUT2D eigenvalue weighted by atomic mass is 10.2. The number of rotatable bonds is 3. The van der Waals surface area contributed by atoms with E-state index in [2.05, 4.69) is 10.3 Å². The minimum absolute atomic E-state index is 0.0883. The Morgan fingerprint density at radius 1 is 1.45 bits per heavy atom. The van der Waals surface area contributed by atoms with Crippen LogP contribution in [0.15, 0.2) is 30.6 Å². The van der Waals surface area contributed by atoms with Crippen molar-refractivity contribution in [3.8, 4) is 5.75 Å². The van der Waals surface area contributed by atoms with E-state index in [1.54, 1.807) is 19.1 Å². The van der Waals surface area contributed by atoms with Gasteiger partial charge in [0.2, 0.25) is 0 Å². The Morgan fingerprint density at radius 3 is 2.85 bits per heavy atom. The average molecular weight is 295 g/mol. The molecule has 0 aliphatic carbocycles. The predicted molar refractivity (Wildman–Crippen MR) is 74.9 cm³/mol. The average Bonchev–Trinajstić information content (AvgIpc) is 2.43. The van der Waals surface area contributed by atoms with Gasteiger partial charge in [0.15, 0.2) is 5.82 Å². The SMILES string of the molecule is COc1cc(Cl)c(C)cc1NC(=O)c1ccncc1F. The predicted octanol–water partition coefficient (Wildman–Crippen LogP) is 3.44. The van der Waals surface area contributed by atoms with Crippen molar-refractivity contribution < 1.29 is 13.9 Å². The molecule has 0 aliphatic rings. The van der Waals surface area contributed by atoms with Crippen LogP contribution in [0.3, 0.4) is 0 Å². The molecule has 1 N–H and O–H groups in total. The van der Waals surface area contributed by atoms with Gasteiger partial charge in [-0.2, -0.15) is 0 Å². The fraction of sp³-hybridized carbons (Fsp3) is 0.143. The highest BCUT2D eigenvalue weighted by Crippen LogP contribution is 2.31. The number of hydrogen-bond acceptors (Lipinski definition) is 3. The summed E-state index contributed by atoms with van der Waals surface area (Å²) >= 11 is 5.98. The molecule has 2 rings (SSSR count). The van der Waals surface area contributed by atoms with Crippen molar-refractivity contribution >= 4 is 23.2 Å². The summed E-state index contributed by atoms with van der Waals surface area (Å²) in [6.07, 6.45) is 2.33. The second-order valence-electron chi connectivity index (χ2n) is 4.11. The number of carbonyl (C=O) groups excluding carboxylic acids is 1. The molecule has 0 fully saturated rings. The van der Waals surface area contributed by atoms with Crippen LogP contribution < -0.4 is 10.1 Å². The standard InChI is InChI=1S/C14H12ClFN2O2/c1-8-5-12(13(20-2)6-10(8)15)18-14(19)9-3-4-17-7-11(9)16/h3-7H,1-2H3,(H,18,19). The molecule has 0 radical (unpaired) electrons. The van der Waals surface area contributed by atoms with Crippen molar-refractivity contribution in [2.45, 2.75) is 6.92 Å². The summed E-state index contributed by atoms with van der Waals surface area (Å²) in [7, 11) is 1.46. The molecule has 0 atom stereocenters. The number of methoxy groups -OCH3 is 1. The molecule has 1 heterocycles. The maximum Gasteiger partial charge on any atom is 0.258 e. The van der Waals surface area contributed by atoms with Gasteiger partial charge < -0.3 is 10.1 Å². The van der Waals surface area contributed by atoms with Crippen LogP contribution in [0.5, 0.6) is 5.75 Å². The first-order chi connectivity index (χ1) is 9.52. The van der Waals surface area contributed by atoms with E-state index in [1.807, 2.05) is 0 Å². The molecule has 0 saturated heterocycles. The molecule has 2 aromatic rings. The number of benzene rings is 1. The van der Waals surface area contributed by atoms with Crippen molar-refractivity contribution in [1.82, 2.24) is 4.98 Å². The zero-order valence-corrected chi connectivity index (χ0v) is 11.7. The van der Waals surface area contributed by atoms with Crippen LogP contribution >= 0.6 is 11.6 Å². The summed E-state index contributed by atoms with van der Waals surface area (Å²) in [4.78, 5) is 15.6. The van der Waals surface area contributed by atoms with Gasteiger partial charge in [0.25, 0.3) is 5.91 Å². The number of aromatic nitrogens is 1. The lowest BCUT2D eigenvalue weighted by Gasteiger charge is -2.12. The smallest absolute Gasteiger partial charge is 0.258 e. The van der Waals surface area contributed by atoms with Gasteiger partial charge in [-0.05, 0) is 24.6 Å². The van der Waals surface area contributed by atoms with Crippen LogP contribution in [0.1, 0.15) is 15.9 Å². The largest absolute Gasteiger partial charge is 0.495 e. The first-order valence-corrected chi connectivity index (χ1v) is 6.15. The maximum absolute atomic E-state index is 13.5. The van der Waals surface area contributed by atoms with Crippen LogP contribution in [-0.2, 0) is 0 Å². The van der Waals surface area contributed by atoms with Gasteiger partial charge in [0.1, 0.15) is 5.75 Å². The Kier molecular flexibility index (Phi) is 4.20. The minimum Gasteiger partial charge on any atom is -0.495 e. The summed E-state index contributed by atoms with van der Waals surface area (Å²) < 4.78 is 18.6. The number of nitrogens with zero attached hydrogens (tertiary/aromatic N) is 1. The third-order valence-corrected chi connectivity index (χ3v) is 3.15. The van der Waals surface area contributed by atoms with E-state index in [-0.39, 0.29) is 5.56 Å². The maximum atomic E-state index is 13.5. The van der Waals surface area contributed by atoms with Crippen molar-refractivity contribution in [3.63, 3.8) is 0 Å². The lowest BCUT2D eigenvalue weighted by Crippen LogP contribution is -2.14. The van der Waals surface area contributed by atoms with E-state index in [0.717, 1.165) is 11.8 Å². The first kappa shape index (κ1) is 14.3. The molecule has 0 bridgehead atoms. The van der Waals surface area contributed by atoms with Crippen LogP contribution in [-0.4, -0.2) is 18.0 Å². The number of amides is 1. The van der Waals surface area contributed by atoms with Gasteiger partial charge in [0.05, 0.1) is 24.6 Å². The molecule has 1 aromatic carbocycles. The van der Waals surface area contributed by atoms with Crippen molar-refractivity contribution in [3.05, 3.63) is 52.6 Å². The summed E-state index contributed by atoms with van der Waals surface area (Å²) in [6, 6.07) is 4.56. The summed E-state index contributed by atoms with van der Waals surface area (Å²) in [6.45, 7) is 1.80. The number of halogens is 2. The molecular weight excluding hydrogens is 283 g/mol. The van der Waals surface area contributed by atoms with Gasteiger partial charge >= 0.3 is 0 Å². The highest BCUT2D eigenvalue weighted by molar-refractivity contribution is 6.31. The number of pyridine rings is 1. The molecular formula is C14H12ClFN2O2. The molecule has 1 aromatic heterocycles. The number of carbonyl (C=O) groups is 1. The summed E-state index contributed by atoms with van der Waals surface area (Å²) in [5.74, 6) is -0.858. The Hall–Kier alpha value is -2.14. The van der Waals surface area contributed by atoms with Crippen LogP contribution in [0.4, 0.5) is 10.1 Å². The zero-order valence-electron chi connectivity index (χ0n) is 10.9. The van der Waals surface area contributed by atoms with E-state index >= 15 is 0 Å². The fourth-order valence-electron chi connectivity index (χ4n) is 1.68. The molecule has 0 aliphatic heterocycles. The number of anilines is 1. The third kappa shape index (κ3) is 2.88. The quantitative estimate of drug-likeness (QED) is 0.943. The molecule has 1 amide bonds. The van der Waals surface area contributed by atoms with Gasteiger partial charge in [0, 0.05) is 17.3 Å². The minimum atomic E-state index is -0.686. The zero-order chi connectivity index (χ0) is 14.7. The van der Waals surface area contributed by atoms with E-state index < -0.39 is 11.7 Å². The molecule has 104 valence electrons. The fourth-order valence-corrected chi connectivity index (χ4v) is 1.83. The number of hydrogen-bond donors (Lipinski definition) is 1. The summed E-state index contributed by atoms with van der Waals surface area (Å²) in [5, 5.41) is 3.12.